The van der Waals surface area contributed by atoms with Gasteiger partial charge in [-0.2, -0.15) is 0 Å². The topological polar surface area (TPSA) is 46.2 Å². The Morgan fingerprint density at radius 1 is 1.18 bits per heavy atom. The van der Waals surface area contributed by atoms with Crippen LogP contribution in [0.4, 0.5) is 8.78 Å². The largest absolute Gasteiger partial charge is 0.346 e. The summed E-state index contributed by atoms with van der Waals surface area (Å²) in [6.07, 6.45) is 7.60. The van der Waals surface area contributed by atoms with Gasteiger partial charge in [0, 0.05) is 12.8 Å². The van der Waals surface area contributed by atoms with E-state index >= 15 is 0 Å². The number of nitrogens with one attached hydrogen (secondary N) is 1. The SMILES string of the molecule is CCCCCCCCCC(F)(F)CC(=O)NC1CCCC1=O. The number of Topliss-reactive ketones (excluding diaryl/α,β-unsaturated/α-hetero) is 1. The molecule has 0 aromatic carbocycles. The first-order valence-electron chi connectivity index (χ1n) is 8.64. The molecule has 0 spiro atoms. The van der Waals surface area contributed by atoms with Crippen molar-refractivity contribution in [3.05, 3.63) is 0 Å². The zero-order chi connectivity index (χ0) is 16.4. The van der Waals surface area contributed by atoms with Crippen molar-refractivity contribution in [3.8, 4) is 0 Å². The minimum Gasteiger partial charge on any atom is -0.346 e. The van der Waals surface area contributed by atoms with E-state index < -0.39 is 24.3 Å². The van der Waals surface area contributed by atoms with E-state index in [0.29, 0.717) is 19.3 Å². The number of carbonyl (C=O) groups is 2. The fraction of sp³-hybridized carbons (Fsp3) is 0.882. The maximum absolute atomic E-state index is 13.7. The lowest BCUT2D eigenvalue weighted by Gasteiger charge is -2.17. The van der Waals surface area contributed by atoms with Crippen molar-refractivity contribution in [3.63, 3.8) is 0 Å². The van der Waals surface area contributed by atoms with E-state index in [1.165, 1.54) is 19.3 Å². The Labute approximate surface area is 132 Å². The number of unbranched alkanes of at least 4 members (excludes halogenated alkanes) is 6. The van der Waals surface area contributed by atoms with Gasteiger partial charge >= 0.3 is 0 Å². The van der Waals surface area contributed by atoms with Gasteiger partial charge in [0.15, 0.2) is 5.78 Å². The Balaban J connectivity index is 2.14. The van der Waals surface area contributed by atoms with Gasteiger partial charge in [-0.3, -0.25) is 9.59 Å². The van der Waals surface area contributed by atoms with E-state index in [0.717, 1.165) is 25.7 Å². The number of amides is 1. The van der Waals surface area contributed by atoms with Crippen LogP contribution in [0.25, 0.3) is 0 Å². The molecule has 0 aromatic rings. The molecule has 1 saturated carbocycles. The molecule has 0 bridgehead atoms. The number of halogens is 2. The van der Waals surface area contributed by atoms with Crippen molar-refractivity contribution < 1.29 is 18.4 Å². The second kappa shape index (κ2) is 9.90. The standard InChI is InChI=1S/C17H29F2NO2/c1-2-3-4-5-6-7-8-12-17(18,19)13-16(22)20-14-10-9-11-15(14)21/h14H,2-13H2,1H3,(H,20,22). The first-order valence-corrected chi connectivity index (χ1v) is 8.64. The summed E-state index contributed by atoms with van der Waals surface area (Å²) in [5, 5.41) is 2.44. The molecule has 1 amide bonds. The van der Waals surface area contributed by atoms with Crippen molar-refractivity contribution in [1.82, 2.24) is 5.32 Å². The summed E-state index contributed by atoms with van der Waals surface area (Å²) < 4.78 is 27.5. The van der Waals surface area contributed by atoms with Crippen LogP contribution in [0.15, 0.2) is 0 Å². The summed E-state index contributed by atoms with van der Waals surface area (Å²) >= 11 is 0. The quantitative estimate of drug-likeness (QED) is 0.574. The van der Waals surface area contributed by atoms with Crippen molar-refractivity contribution in [2.45, 2.75) is 95.9 Å². The average molecular weight is 317 g/mol. The molecular weight excluding hydrogens is 288 g/mol. The molecule has 3 nitrogen and oxygen atoms in total. The van der Waals surface area contributed by atoms with Gasteiger partial charge in [0.1, 0.15) is 0 Å². The minimum absolute atomic E-state index is 0.0382. The van der Waals surface area contributed by atoms with Crippen LogP contribution in [0.3, 0.4) is 0 Å². The highest BCUT2D eigenvalue weighted by Crippen LogP contribution is 2.26. The highest BCUT2D eigenvalue weighted by atomic mass is 19.3. The Morgan fingerprint density at radius 2 is 1.82 bits per heavy atom. The lowest BCUT2D eigenvalue weighted by molar-refractivity contribution is -0.132. The third kappa shape index (κ3) is 7.85. The fourth-order valence-electron chi connectivity index (χ4n) is 2.88. The third-order valence-corrected chi connectivity index (χ3v) is 4.21. The van der Waals surface area contributed by atoms with E-state index in [2.05, 4.69) is 12.2 Å². The van der Waals surface area contributed by atoms with Gasteiger partial charge in [0.25, 0.3) is 5.92 Å². The molecule has 1 fully saturated rings. The number of hydrogen-bond donors (Lipinski definition) is 1. The molecule has 0 aromatic heterocycles. The molecule has 1 rings (SSSR count). The molecule has 1 N–H and O–H groups in total. The normalized spacial score (nSPS) is 18.7. The smallest absolute Gasteiger partial charge is 0.256 e. The molecular formula is C17H29F2NO2. The van der Waals surface area contributed by atoms with Crippen LogP contribution in [0, 0.1) is 0 Å². The Morgan fingerprint density at radius 3 is 2.41 bits per heavy atom. The molecule has 0 saturated heterocycles. The van der Waals surface area contributed by atoms with E-state index in [9.17, 15) is 18.4 Å². The highest BCUT2D eigenvalue weighted by Gasteiger charge is 2.33. The third-order valence-electron chi connectivity index (χ3n) is 4.21. The summed E-state index contributed by atoms with van der Waals surface area (Å²) in [6.45, 7) is 2.14. The maximum Gasteiger partial charge on any atom is 0.256 e. The summed E-state index contributed by atoms with van der Waals surface area (Å²) in [5.74, 6) is -3.70. The van der Waals surface area contributed by atoms with Crippen LogP contribution in [0.5, 0.6) is 0 Å². The molecule has 128 valence electrons. The molecule has 1 aliphatic rings. The van der Waals surface area contributed by atoms with Crippen LogP contribution >= 0.6 is 0 Å². The van der Waals surface area contributed by atoms with Gasteiger partial charge in [0.2, 0.25) is 5.91 Å². The molecule has 0 heterocycles. The molecule has 0 radical (unpaired) electrons. The monoisotopic (exact) mass is 317 g/mol. The Bertz CT molecular complexity index is 359. The highest BCUT2D eigenvalue weighted by molar-refractivity contribution is 5.90. The van der Waals surface area contributed by atoms with Gasteiger partial charge in [-0.15, -0.1) is 0 Å². The van der Waals surface area contributed by atoms with E-state index in [4.69, 9.17) is 0 Å². The van der Waals surface area contributed by atoms with Crippen molar-refractivity contribution >= 4 is 11.7 Å². The van der Waals surface area contributed by atoms with Gasteiger partial charge in [-0.25, -0.2) is 8.78 Å². The number of hydrogen-bond acceptors (Lipinski definition) is 2. The second-order valence-electron chi connectivity index (χ2n) is 6.38. The molecule has 5 heteroatoms. The molecule has 1 atom stereocenters. The predicted octanol–water partition coefficient (Wildman–Crippen LogP) is 4.39. The van der Waals surface area contributed by atoms with Crippen LogP contribution in [0.1, 0.15) is 84.0 Å². The Hall–Kier alpha value is -1.00. The first kappa shape index (κ1) is 19.0. The minimum atomic E-state index is -2.96. The van der Waals surface area contributed by atoms with Crippen LogP contribution < -0.4 is 5.32 Å². The van der Waals surface area contributed by atoms with Crippen LogP contribution in [-0.4, -0.2) is 23.7 Å². The maximum atomic E-state index is 13.7. The van der Waals surface area contributed by atoms with E-state index in [1.54, 1.807) is 0 Å². The first-order chi connectivity index (χ1) is 10.4. The summed E-state index contributed by atoms with van der Waals surface area (Å²) in [4.78, 5) is 23.0. The Kier molecular flexibility index (Phi) is 8.57. The fourth-order valence-corrected chi connectivity index (χ4v) is 2.88. The number of alkyl halides is 2. The molecule has 0 aliphatic heterocycles. The summed E-state index contributed by atoms with van der Waals surface area (Å²) in [6, 6.07) is -0.540. The predicted molar refractivity (Wildman–Crippen MR) is 83.0 cm³/mol. The van der Waals surface area contributed by atoms with Crippen molar-refractivity contribution in [2.24, 2.45) is 0 Å². The second-order valence-corrected chi connectivity index (χ2v) is 6.38. The zero-order valence-electron chi connectivity index (χ0n) is 13.6. The van der Waals surface area contributed by atoms with E-state index in [-0.39, 0.29) is 12.2 Å². The lowest BCUT2D eigenvalue weighted by Crippen LogP contribution is -2.40. The van der Waals surface area contributed by atoms with Gasteiger partial charge in [0.05, 0.1) is 12.5 Å². The summed E-state index contributed by atoms with van der Waals surface area (Å²) in [7, 11) is 0. The van der Waals surface area contributed by atoms with Gasteiger partial charge < -0.3 is 5.32 Å². The van der Waals surface area contributed by atoms with Crippen molar-refractivity contribution in [2.75, 3.05) is 0 Å². The van der Waals surface area contributed by atoms with Crippen LogP contribution in [0.2, 0.25) is 0 Å². The van der Waals surface area contributed by atoms with Gasteiger partial charge in [-0.05, 0) is 19.3 Å². The van der Waals surface area contributed by atoms with Crippen molar-refractivity contribution in [1.29, 1.82) is 0 Å². The van der Waals surface area contributed by atoms with Crippen LogP contribution in [-0.2, 0) is 9.59 Å². The molecule has 1 unspecified atom stereocenters. The lowest BCUT2D eigenvalue weighted by atomic mass is 10.0. The zero-order valence-corrected chi connectivity index (χ0v) is 13.6. The molecule has 1 aliphatic carbocycles. The number of ketones is 1. The number of carbonyl (C=O) groups excluding carboxylic acids is 2. The summed E-state index contributed by atoms with van der Waals surface area (Å²) in [5.41, 5.74) is 0. The average Bonchev–Trinajstić information content (AvgIpc) is 2.82. The number of rotatable bonds is 11. The van der Waals surface area contributed by atoms with Gasteiger partial charge in [-0.1, -0.05) is 45.4 Å². The van der Waals surface area contributed by atoms with E-state index in [1.807, 2.05) is 0 Å². The molecule has 22 heavy (non-hydrogen) atoms.